The van der Waals surface area contributed by atoms with Crippen LogP contribution in [0, 0.1) is 19.8 Å². The number of amides is 1. The Hall–Kier alpha value is -2.14. The number of nitrogens with one attached hydrogen (secondary N) is 1. The first-order valence-corrected chi connectivity index (χ1v) is 10.2. The van der Waals surface area contributed by atoms with E-state index in [-0.39, 0.29) is 11.8 Å². The van der Waals surface area contributed by atoms with Crippen molar-refractivity contribution in [2.24, 2.45) is 5.92 Å². The quantitative estimate of drug-likeness (QED) is 0.883. The summed E-state index contributed by atoms with van der Waals surface area (Å²) in [6.45, 7) is 8.68. The zero-order chi connectivity index (χ0) is 18.8. The third-order valence-electron chi connectivity index (χ3n) is 5.78. The Morgan fingerprint density at radius 1 is 1.11 bits per heavy atom. The summed E-state index contributed by atoms with van der Waals surface area (Å²) in [5.74, 6) is 0.422. The second-order valence-corrected chi connectivity index (χ2v) is 8.26. The first-order chi connectivity index (χ1) is 13.1. The third kappa shape index (κ3) is 4.41. The number of aryl methyl sites for hydroxylation is 2. The van der Waals surface area contributed by atoms with Gasteiger partial charge in [0.2, 0.25) is 5.91 Å². The van der Waals surface area contributed by atoms with Crippen LogP contribution in [0.25, 0.3) is 0 Å². The SMILES string of the molecule is Cc1cc(C)cc(CN2CCn3nc(CNC(=O)C4CCCC4)cc3C2)c1. The summed E-state index contributed by atoms with van der Waals surface area (Å²) < 4.78 is 2.11. The van der Waals surface area contributed by atoms with Gasteiger partial charge in [-0.15, -0.1) is 0 Å². The largest absolute Gasteiger partial charge is 0.350 e. The fourth-order valence-electron chi connectivity index (χ4n) is 4.53. The molecule has 0 radical (unpaired) electrons. The van der Waals surface area contributed by atoms with Crippen molar-refractivity contribution in [3.63, 3.8) is 0 Å². The number of aromatic nitrogens is 2. The van der Waals surface area contributed by atoms with Crippen LogP contribution < -0.4 is 5.32 Å². The van der Waals surface area contributed by atoms with Crippen molar-refractivity contribution in [1.82, 2.24) is 20.0 Å². The molecule has 0 spiro atoms. The number of nitrogens with zero attached hydrogens (tertiary/aromatic N) is 3. The zero-order valence-electron chi connectivity index (χ0n) is 16.5. The predicted octanol–water partition coefficient (Wildman–Crippen LogP) is 3.32. The molecule has 1 aliphatic carbocycles. The lowest BCUT2D eigenvalue weighted by Gasteiger charge is -2.27. The lowest BCUT2D eigenvalue weighted by Crippen LogP contribution is -2.33. The smallest absolute Gasteiger partial charge is 0.223 e. The number of rotatable bonds is 5. The average molecular weight is 367 g/mol. The fraction of sp³-hybridized carbons (Fsp3) is 0.545. The van der Waals surface area contributed by atoms with Crippen LogP contribution in [0.1, 0.15) is 53.8 Å². The maximum atomic E-state index is 12.2. The van der Waals surface area contributed by atoms with Crippen molar-refractivity contribution < 1.29 is 4.79 Å². The molecule has 2 aliphatic rings. The molecule has 1 N–H and O–H groups in total. The molecule has 1 aromatic carbocycles. The van der Waals surface area contributed by atoms with Gasteiger partial charge in [0.05, 0.1) is 24.5 Å². The minimum Gasteiger partial charge on any atom is -0.350 e. The molecule has 1 saturated carbocycles. The van der Waals surface area contributed by atoms with Gasteiger partial charge >= 0.3 is 0 Å². The van der Waals surface area contributed by atoms with Crippen LogP contribution in [-0.4, -0.2) is 27.1 Å². The van der Waals surface area contributed by atoms with Crippen molar-refractivity contribution in [2.45, 2.75) is 65.7 Å². The second kappa shape index (κ2) is 7.85. The summed E-state index contributed by atoms with van der Waals surface area (Å²) in [6, 6.07) is 8.94. The van der Waals surface area contributed by atoms with E-state index in [0.29, 0.717) is 6.54 Å². The standard InChI is InChI=1S/C22H30N4O/c1-16-9-17(2)11-18(10-16)14-25-7-8-26-21(15-25)12-20(24-26)13-23-22(27)19-5-3-4-6-19/h9-12,19H,3-8,13-15H2,1-2H3,(H,23,27). The van der Waals surface area contributed by atoms with E-state index in [1.165, 1.54) is 35.2 Å². The summed E-state index contributed by atoms with van der Waals surface area (Å²) in [6.07, 6.45) is 4.46. The lowest BCUT2D eigenvalue weighted by atomic mass is 10.1. The van der Waals surface area contributed by atoms with Gasteiger partial charge in [-0.05, 0) is 38.3 Å². The molecule has 1 fully saturated rings. The molecule has 0 atom stereocenters. The molecule has 0 bridgehead atoms. The number of hydrogen-bond donors (Lipinski definition) is 1. The van der Waals surface area contributed by atoms with Crippen LogP contribution >= 0.6 is 0 Å². The normalized spacial score (nSPS) is 17.9. The van der Waals surface area contributed by atoms with Crippen molar-refractivity contribution in [2.75, 3.05) is 6.54 Å². The minimum absolute atomic E-state index is 0.204. The number of carbonyl (C=O) groups excluding carboxylic acids is 1. The fourth-order valence-corrected chi connectivity index (χ4v) is 4.53. The topological polar surface area (TPSA) is 50.2 Å². The van der Waals surface area contributed by atoms with Crippen LogP contribution in [-0.2, 0) is 31.0 Å². The molecule has 5 nitrogen and oxygen atoms in total. The van der Waals surface area contributed by atoms with Crippen LogP contribution in [0.3, 0.4) is 0 Å². The molecule has 2 heterocycles. The van der Waals surface area contributed by atoms with E-state index < -0.39 is 0 Å². The number of carbonyl (C=O) groups is 1. The second-order valence-electron chi connectivity index (χ2n) is 8.26. The average Bonchev–Trinajstić information content (AvgIpc) is 3.28. The van der Waals surface area contributed by atoms with Crippen LogP contribution in [0.4, 0.5) is 0 Å². The highest BCUT2D eigenvalue weighted by Gasteiger charge is 2.23. The Bertz CT molecular complexity index is 799. The first kappa shape index (κ1) is 18.2. The molecule has 27 heavy (non-hydrogen) atoms. The molecule has 0 unspecified atom stereocenters. The maximum Gasteiger partial charge on any atom is 0.223 e. The summed E-state index contributed by atoms with van der Waals surface area (Å²) in [5, 5.41) is 7.78. The van der Waals surface area contributed by atoms with E-state index in [2.05, 4.69) is 53.0 Å². The Labute approximate surface area is 161 Å². The van der Waals surface area contributed by atoms with Crippen molar-refractivity contribution in [1.29, 1.82) is 0 Å². The van der Waals surface area contributed by atoms with Gasteiger partial charge in [-0.25, -0.2) is 0 Å². The Morgan fingerprint density at radius 3 is 2.59 bits per heavy atom. The van der Waals surface area contributed by atoms with E-state index in [4.69, 9.17) is 5.10 Å². The monoisotopic (exact) mass is 366 g/mol. The molecule has 4 rings (SSSR count). The lowest BCUT2D eigenvalue weighted by molar-refractivity contribution is -0.124. The first-order valence-electron chi connectivity index (χ1n) is 10.2. The molecule has 0 saturated heterocycles. The molecule has 144 valence electrons. The third-order valence-corrected chi connectivity index (χ3v) is 5.78. The number of hydrogen-bond acceptors (Lipinski definition) is 3. The van der Waals surface area contributed by atoms with Gasteiger partial charge in [0, 0.05) is 25.6 Å². The van der Waals surface area contributed by atoms with E-state index in [1.807, 2.05) is 0 Å². The van der Waals surface area contributed by atoms with Gasteiger partial charge < -0.3 is 5.32 Å². The summed E-state index contributed by atoms with van der Waals surface area (Å²) >= 11 is 0. The molecule has 1 aliphatic heterocycles. The molecule has 1 amide bonds. The predicted molar refractivity (Wildman–Crippen MR) is 106 cm³/mol. The van der Waals surface area contributed by atoms with Crippen LogP contribution in [0.15, 0.2) is 24.3 Å². The molecular formula is C22H30N4O. The van der Waals surface area contributed by atoms with Crippen LogP contribution in [0.5, 0.6) is 0 Å². The van der Waals surface area contributed by atoms with Gasteiger partial charge in [-0.3, -0.25) is 14.4 Å². The highest BCUT2D eigenvalue weighted by molar-refractivity contribution is 5.78. The van der Waals surface area contributed by atoms with E-state index in [9.17, 15) is 4.79 Å². The van der Waals surface area contributed by atoms with Gasteiger partial charge in [-0.1, -0.05) is 42.2 Å². The van der Waals surface area contributed by atoms with E-state index >= 15 is 0 Å². The minimum atomic E-state index is 0.204. The zero-order valence-corrected chi connectivity index (χ0v) is 16.5. The highest BCUT2D eigenvalue weighted by Crippen LogP contribution is 2.25. The van der Waals surface area contributed by atoms with Gasteiger partial charge in [-0.2, -0.15) is 5.10 Å². The molecule has 2 aromatic rings. The van der Waals surface area contributed by atoms with Gasteiger partial charge in [0.15, 0.2) is 0 Å². The summed E-state index contributed by atoms with van der Waals surface area (Å²) in [5.41, 5.74) is 6.25. The summed E-state index contributed by atoms with van der Waals surface area (Å²) in [7, 11) is 0. The van der Waals surface area contributed by atoms with Gasteiger partial charge in [0.25, 0.3) is 0 Å². The Kier molecular flexibility index (Phi) is 5.30. The van der Waals surface area contributed by atoms with Gasteiger partial charge in [0.1, 0.15) is 0 Å². The van der Waals surface area contributed by atoms with Crippen molar-refractivity contribution in [3.05, 3.63) is 52.3 Å². The number of benzene rings is 1. The molecule has 1 aromatic heterocycles. The highest BCUT2D eigenvalue weighted by atomic mass is 16.1. The Balaban J connectivity index is 1.35. The molecule has 5 heteroatoms. The van der Waals surface area contributed by atoms with E-state index in [0.717, 1.165) is 44.7 Å². The maximum absolute atomic E-state index is 12.2. The summed E-state index contributed by atoms with van der Waals surface area (Å²) in [4.78, 5) is 14.7. The number of fused-ring (bicyclic) bond motifs is 1. The van der Waals surface area contributed by atoms with Crippen molar-refractivity contribution in [3.8, 4) is 0 Å². The van der Waals surface area contributed by atoms with E-state index in [1.54, 1.807) is 0 Å². The van der Waals surface area contributed by atoms with Crippen LogP contribution in [0.2, 0.25) is 0 Å². The van der Waals surface area contributed by atoms with Crippen molar-refractivity contribution >= 4 is 5.91 Å². The Morgan fingerprint density at radius 2 is 1.85 bits per heavy atom. The molecular weight excluding hydrogens is 336 g/mol.